The number of hydrogen-bond acceptors (Lipinski definition) is 8. The fourth-order valence-electron chi connectivity index (χ4n) is 6.97. The number of aromatic nitrogens is 1. The number of sulfonamides is 1. The number of hydrogen-bond donors (Lipinski definition) is 3. The van der Waals surface area contributed by atoms with Gasteiger partial charge in [-0.05, 0) is 63.5 Å². The summed E-state index contributed by atoms with van der Waals surface area (Å²) in [6.45, 7) is 0.495. The lowest BCUT2D eigenvalue weighted by molar-refractivity contribution is -0.136. The lowest BCUT2D eigenvalue weighted by Crippen LogP contribution is -2.54. The van der Waals surface area contributed by atoms with E-state index in [2.05, 4.69) is 15.4 Å². The van der Waals surface area contributed by atoms with E-state index in [9.17, 15) is 22.8 Å². The Labute approximate surface area is 279 Å². The van der Waals surface area contributed by atoms with Gasteiger partial charge >= 0.3 is 0 Å². The van der Waals surface area contributed by atoms with Crippen molar-refractivity contribution in [3.63, 3.8) is 0 Å². The van der Waals surface area contributed by atoms with Crippen LogP contribution in [0.5, 0.6) is 11.5 Å². The molecule has 2 heterocycles. The normalized spacial score (nSPS) is 28.2. The molecule has 12 heteroatoms. The van der Waals surface area contributed by atoms with Crippen LogP contribution in [0.15, 0.2) is 66.7 Å². The zero-order chi connectivity index (χ0) is 33.5. The highest BCUT2D eigenvalue weighted by atomic mass is 32.2. The highest BCUT2D eigenvalue weighted by Crippen LogP contribution is 2.47. The van der Waals surface area contributed by atoms with Gasteiger partial charge in [0.2, 0.25) is 21.8 Å². The van der Waals surface area contributed by atoms with Gasteiger partial charge in [-0.3, -0.25) is 19.1 Å². The largest absolute Gasteiger partial charge is 0.497 e. The average Bonchev–Trinajstić information content (AvgIpc) is 4.01. The zero-order valence-electron chi connectivity index (χ0n) is 26.8. The molecule has 11 nitrogen and oxygen atoms in total. The van der Waals surface area contributed by atoms with E-state index in [-0.39, 0.29) is 18.2 Å². The number of nitrogens with one attached hydrogen (secondary N) is 3. The van der Waals surface area contributed by atoms with Crippen molar-refractivity contribution in [3.05, 3.63) is 66.7 Å². The van der Waals surface area contributed by atoms with Crippen LogP contribution in [0.3, 0.4) is 0 Å². The molecule has 5 unspecified atom stereocenters. The highest BCUT2D eigenvalue weighted by Gasteiger charge is 2.62. The number of carbonyl (C=O) groups excluding carboxylic acids is 3. The van der Waals surface area contributed by atoms with Crippen molar-refractivity contribution in [1.82, 2.24) is 20.3 Å². The summed E-state index contributed by atoms with van der Waals surface area (Å²) in [5.41, 5.74) is 0.913. The Morgan fingerprint density at radius 3 is 2.52 bits per heavy atom. The first-order valence-corrected chi connectivity index (χ1v) is 18.2. The van der Waals surface area contributed by atoms with Crippen LogP contribution in [0.1, 0.15) is 51.4 Å². The molecule has 1 aliphatic heterocycles. The minimum atomic E-state index is -3.81. The third-order valence-corrected chi connectivity index (χ3v) is 11.8. The molecular weight excluding hydrogens is 632 g/mol. The lowest BCUT2D eigenvalue weighted by Gasteiger charge is -2.23. The van der Waals surface area contributed by atoms with Gasteiger partial charge in [0.1, 0.15) is 23.1 Å². The number of fused-ring (bicyclic) bond motifs is 3. The molecule has 3 fully saturated rings. The van der Waals surface area contributed by atoms with Gasteiger partial charge in [0, 0.05) is 35.5 Å². The first-order chi connectivity index (χ1) is 23.2. The van der Waals surface area contributed by atoms with E-state index >= 15 is 0 Å². The fraction of sp³-hybridized carbons (Fsp3) is 0.444. The van der Waals surface area contributed by atoms with Gasteiger partial charge in [-0.1, -0.05) is 42.5 Å². The standard InChI is InChI=1S/C36H40N4O7S/c1-46-24-12-15-27-31(19-24)38-30(22-9-5-4-6-10-22)20-32(27)47-25-17-28-29(18-25)34(42)39-36(35(43)40-48(44,45)26-13-14-26)21-23(36)11-7-2-3-8-16-37-33(28)41/h4-7,9-12,15,19-20,23,25-26,28-29H,2-3,8,13-14,16-18,21H2,1H3,(H,37,41)(H,39,42)(H,40,43)/b11-7-. The van der Waals surface area contributed by atoms with Gasteiger partial charge in [0.25, 0.3) is 5.91 Å². The third kappa shape index (κ3) is 6.50. The fourth-order valence-corrected chi connectivity index (χ4v) is 8.33. The van der Waals surface area contributed by atoms with Crippen molar-refractivity contribution in [2.75, 3.05) is 13.7 Å². The van der Waals surface area contributed by atoms with Gasteiger partial charge < -0.3 is 20.1 Å². The number of benzene rings is 2. The molecule has 0 spiro atoms. The molecule has 3 N–H and O–H groups in total. The summed E-state index contributed by atoms with van der Waals surface area (Å²) in [7, 11) is -2.22. The molecule has 7 rings (SSSR count). The van der Waals surface area contributed by atoms with E-state index in [1.165, 1.54) is 0 Å². The number of nitrogens with zero attached hydrogens (tertiary/aromatic N) is 1. The second-order valence-electron chi connectivity index (χ2n) is 13.3. The maximum absolute atomic E-state index is 14.1. The Hall–Kier alpha value is -4.45. The Morgan fingerprint density at radius 1 is 1.00 bits per heavy atom. The maximum Gasteiger partial charge on any atom is 0.259 e. The maximum atomic E-state index is 14.1. The van der Waals surface area contributed by atoms with Gasteiger partial charge in [-0.2, -0.15) is 0 Å². The molecule has 5 atom stereocenters. The third-order valence-electron chi connectivity index (χ3n) is 9.96. The predicted octanol–water partition coefficient (Wildman–Crippen LogP) is 4.02. The molecule has 0 saturated heterocycles. The second kappa shape index (κ2) is 12.9. The van der Waals surface area contributed by atoms with Crippen molar-refractivity contribution >= 4 is 38.6 Å². The van der Waals surface area contributed by atoms with Crippen LogP contribution >= 0.6 is 0 Å². The van der Waals surface area contributed by atoms with E-state index in [1.54, 1.807) is 7.11 Å². The molecule has 0 radical (unpaired) electrons. The topological polar surface area (TPSA) is 153 Å². The number of carbonyl (C=O) groups is 3. The number of rotatable bonds is 7. The lowest BCUT2D eigenvalue weighted by atomic mass is 9.93. The second-order valence-corrected chi connectivity index (χ2v) is 15.3. The first-order valence-electron chi connectivity index (χ1n) is 16.7. The van der Waals surface area contributed by atoms with Crippen LogP contribution < -0.4 is 24.8 Å². The van der Waals surface area contributed by atoms with E-state index in [0.29, 0.717) is 54.9 Å². The van der Waals surface area contributed by atoms with E-state index in [1.807, 2.05) is 66.7 Å². The van der Waals surface area contributed by atoms with E-state index in [4.69, 9.17) is 14.5 Å². The van der Waals surface area contributed by atoms with Crippen LogP contribution in [-0.2, 0) is 24.4 Å². The van der Waals surface area contributed by atoms with Crippen molar-refractivity contribution in [3.8, 4) is 22.8 Å². The molecule has 3 aliphatic carbocycles. The van der Waals surface area contributed by atoms with Crippen molar-refractivity contribution in [1.29, 1.82) is 0 Å². The van der Waals surface area contributed by atoms with Gasteiger partial charge in [0.05, 0.1) is 35.4 Å². The van der Waals surface area contributed by atoms with Crippen LogP contribution in [0.4, 0.5) is 0 Å². The Bertz CT molecular complexity index is 1880. The van der Waals surface area contributed by atoms with Gasteiger partial charge in [-0.25, -0.2) is 13.4 Å². The van der Waals surface area contributed by atoms with Crippen LogP contribution in [0, 0.1) is 17.8 Å². The summed E-state index contributed by atoms with van der Waals surface area (Å²) >= 11 is 0. The Balaban J connectivity index is 1.18. The monoisotopic (exact) mass is 672 g/mol. The predicted molar refractivity (Wildman–Crippen MR) is 179 cm³/mol. The summed E-state index contributed by atoms with van der Waals surface area (Å²) in [4.78, 5) is 46.0. The molecular formula is C36H40N4O7S. The Morgan fingerprint density at radius 2 is 1.77 bits per heavy atom. The Kier molecular flexibility index (Phi) is 8.61. The summed E-state index contributed by atoms with van der Waals surface area (Å²) in [6.07, 6.45) is 7.59. The summed E-state index contributed by atoms with van der Waals surface area (Å²) in [5, 5.41) is 6.13. The van der Waals surface area contributed by atoms with Gasteiger partial charge in [-0.15, -0.1) is 0 Å². The quantitative estimate of drug-likeness (QED) is 0.318. The smallest absolute Gasteiger partial charge is 0.259 e. The van der Waals surface area contributed by atoms with Gasteiger partial charge in [0.15, 0.2) is 0 Å². The highest BCUT2D eigenvalue weighted by molar-refractivity contribution is 7.91. The number of pyridine rings is 1. The van der Waals surface area contributed by atoms with Crippen LogP contribution in [-0.4, -0.2) is 61.7 Å². The minimum absolute atomic E-state index is 0.231. The molecule has 48 heavy (non-hydrogen) atoms. The number of amides is 3. The van der Waals surface area contributed by atoms with Crippen molar-refractivity contribution in [2.45, 2.75) is 68.3 Å². The SMILES string of the molecule is COc1ccc2c(OC3CC4C(=O)NCCCC/C=C\C5CC5(C(=O)NS(=O)(=O)C5CC5)NC(=O)C4C3)cc(-c3ccccc3)nc2c1. The summed E-state index contributed by atoms with van der Waals surface area (Å²) in [5.74, 6) is -1.99. The molecule has 2 aromatic carbocycles. The van der Waals surface area contributed by atoms with E-state index in [0.717, 1.165) is 30.2 Å². The van der Waals surface area contributed by atoms with Crippen molar-refractivity contribution < 1.29 is 32.3 Å². The summed E-state index contributed by atoms with van der Waals surface area (Å²) < 4.78 is 39.7. The number of methoxy groups -OCH3 is 1. The average molecular weight is 673 g/mol. The zero-order valence-corrected chi connectivity index (χ0v) is 27.6. The molecule has 3 saturated carbocycles. The molecule has 1 aromatic heterocycles. The van der Waals surface area contributed by atoms with Crippen molar-refractivity contribution in [2.24, 2.45) is 17.8 Å². The molecule has 3 amide bonds. The molecule has 252 valence electrons. The molecule has 0 bridgehead atoms. The number of allylic oxidation sites excluding steroid dienone is 1. The summed E-state index contributed by atoms with van der Waals surface area (Å²) in [6, 6.07) is 17.2. The number of ether oxygens (including phenoxy) is 2. The van der Waals surface area contributed by atoms with Crippen LogP contribution in [0.2, 0.25) is 0 Å². The molecule has 4 aliphatic rings. The molecule has 3 aromatic rings. The van der Waals surface area contributed by atoms with Crippen LogP contribution in [0.25, 0.3) is 22.2 Å². The first kappa shape index (κ1) is 32.1. The van der Waals surface area contributed by atoms with E-state index < -0.39 is 50.6 Å². The minimum Gasteiger partial charge on any atom is -0.497 e.